The van der Waals surface area contributed by atoms with Crippen LogP contribution in [0.4, 0.5) is 5.82 Å². The number of hydrogen-bond acceptors (Lipinski definition) is 5. The van der Waals surface area contributed by atoms with E-state index < -0.39 is 0 Å². The summed E-state index contributed by atoms with van der Waals surface area (Å²) in [6, 6.07) is 0.205. The van der Waals surface area contributed by atoms with E-state index in [4.69, 9.17) is 0 Å². The Hall–Kier alpha value is -1.69. The molecule has 6 heteroatoms. The van der Waals surface area contributed by atoms with E-state index in [-0.39, 0.29) is 17.5 Å². The standard InChI is InChI=1S/C21H33N5O/c27-20(21(9-3-1-4-10-21)26-14-5-2-6-15-26)24-18-8-7-13-25(17-18)19-16-22-11-12-23-19/h11-12,16,18H,1-10,13-15,17H2,(H,24,27)/t18-/m0/s1. The van der Waals surface area contributed by atoms with Gasteiger partial charge in [-0.25, -0.2) is 4.98 Å². The second kappa shape index (κ2) is 8.55. The zero-order valence-electron chi connectivity index (χ0n) is 16.4. The first-order chi connectivity index (χ1) is 13.3. The molecule has 4 rings (SSSR count). The van der Waals surface area contributed by atoms with Crippen LogP contribution in [0, 0.1) is 0 Å². The molecule has 6 nitrogen and oxygen atoms in total. The zero-order valence-corrected chi connectivity index (χ0v) is 16.4. The molecule has 0 spiro atoms. The van der Waals surface area contributed by atoms with Crippen LogP contribution in [0.2, 0.25) is 0 Å². The molecule has 0 radical (unpaired) electrons. The third-order valence-electron chi connectivity index (χ3n) is 6.69. The zero-order chi connectivity index (χ0) is 18.5. The van der Waals surface area contributed by atoms with E-state index in [1.165, 1.54) is 38.5 Å². The molecule has 0 bridgehead atoms. The molecule has 1 N–H and O–H groups in total. The number of carbonyl (C=O) groups is 1. The SMILES string of the molecule is O=C(N[C@H]1CCCN(c2cnccn2)C1)C1(N2CCCCC2)CCCCC1. The summed E-state index contributed by atoms with van der Waals surface area (Å²) in [5, 5.41) is 3.46. The first-order valence-corrected chi connectivity index (χ1v) is 10.8. The molecule has 1 amide bonds. The van der Waals surface area contributed by atoms with Crippen molar-refractivity contribution in [2.75, 3.05) is 31.1 Å². The maximum absolute atomic E-state index is 13.5. The molecule has 1 aromatic rings. The van der Waals surface area contributed by atoms with Gasteiger partial charge in [0.15, 0.2) is 0 Å². The van der Waals surface area contributed by atoms with Crippen molar-refractivity contribution in [2.45, 2.75) is 75.8 Å². The molecule has 2 saturated heterocycles. The third-order valence-corrected chi connectivity index (χ3v) is 6.69. The largest absolute Gasteiger partial charge is 0.353 e. The van der Waals surface area contributed by atoms with E-state index in [0.717, 1.165) is 57.7 Å². The molecular weight excluding hydrogens is 338 g/mol. The number of nitrogens with one attached hydrogen (secondary N) is 1. The fourth-order valence-electron chi connectivity index (χ4n) is 5.22. The van der Waals surface area contributed by atoms with Gasteiger partial charge in [-0.2, -0.15) is 0 Å². The van der Waals surface area contributed by atoms with Gasteiger partial charge in [-0.05, 0) is 51.6 Å². The predicted molar refractivity (Wildman–Crippen MR) is 107 cm³/mol. The Bertz CT molecular complexity index is 610. The maximum Gasteiger partial charge on any atom is 0.240 e. The van der Waals surface area contributed by atoms with Gasteiger partial charge in [0.2, 0.25) is 5.91 Å². The molecule has 27 heavy (non-hydrogen) atoms. The lowest BCUT2D eigenvalue weighted by Gasteiger charge is -2.47. The van der Waals surface area contributed by atoms with Crippen LogP contribution >= 0.6 is 0 Å². The molecule has 3 fully saturated rings. The van der Waals surface area contributed by atoms with Crippen molar-refractivity contribution in [1.82, 2.24) is 20.2 Å². The number of piperidine rings is 2. The Labute approximate surface area is 162 Å². The number of aromatic nitrogens is 2. The summed E-state index contributed by atoms with van der Waals surface area (Å²) in [4.78, 5) is 26.9. The molecule has 3 aliphatic rings. The average molecular weight is 372 g/mol. The Morgan fingerprint density at radius 3 is 2.52 bits per heavy atom. The molecule has 0 aromatic carbocycles. The van der Waals surface area contributed by atoms with E-state index in [2.05, 4.69) is 25.1 Å². The number of rotatable bonds is 4. The van der Waals surface area contributed by atoms with Crippen molar-refractivity contribution in [3.05, 3.63) is 18.6 Å². The van der Waals surface area contributed by atoms with Crippen LogP contribution < -0.4 is 10.2 Å². The minimum atomic E-state index is -0.256. The molecular formula is C21H33N5O. The summed E-state index contributed by atoms with van der Waals surface area (Å²) in [5.74, 6) is 1.20. The summed E-state index contributed by atoms with van der Waals surface area (Å²) in [6.45, 7) is 4.00. The summed E-state index contributed by atoms with van der Waals surface area (Å²) in [7, 11) is 0. The molecule has 1 saturated carbocycles. The van der Waals surface area contributed by atoms with Crippen molar-refractivity contribution in [1.29, 1.82) is 0 Å². The van der Waals surface area contributed by atoms with Crippen molar-refractivity contribution in [2.24, 2.45) is 0 Å². The molecule has 2 aliphatic heterocycles. The number of amides is 1. The summed E-state index contributed by atoms with van der Waals surface area (Å²) >= 11 is 0. The monoisotopic (exact) mass is 371 g/mol. The van der Waals surface area contributed by atoms with Gasteiger partial charge in [0.25, 0.3) is 0 Å². The van der Waals surface area contributed by atoms with E-state index >= 15 is 0 Å². The number of hydrogen-bond donors (Lipinski definition) is 1. The summed E-state index contributed by atoms with van der Waals surface area (Å²) < 4.78 is 0. The van der Waals surface area contributed by atoms with Crippen LogP contribution in [0.3, 0.4) is 0 Å². The lowest BCUT2D eigenvalue weighted by atomic mass is 9.78. The van der Waals surface area contributed by atoms with Gasteiger partial charge in [0.1, 0.15) is 11.4 Å². The predicted octanol–water partition coefficient (Wildman–Crippen LogP) is 2.75. The Morgan fingerprint density at radius 2 is 1.78 bits per heavy atom. The summed E-state index contributed by atoms with van der Waals surface area (Å²) in [6.07, 6.45) is 16.9. The van der Waals surface area contributed by atoms with Gasteiger partial charge in [0, 0.05) is 31.5 Å². The van der Waals surface area contributed by atoms with Crippen LogP contribution in [0.25, 0.3) is 0 Å². The van der Waals surface area contributed by atoms with Gasteiger partial charge in [0.05, 0.1) is 6.20 Å². The van der Waals surface area contributed by atoms with Gasteiger partial charge < -0.3 is 10.2 Å². The molecule has 0 unspecified atom stereocenters. The molecule has 1 aromatic heterocycles. The third kappa shape index (κ3) is 4.10. The Balaban J connectivity index is 1.44. The van der Waals surface area contributed by atoms with Crippen molar-refractivity contribution >= 4 is 11.7 Å². The number of nitrogens with zero attached hydrogens (tertiary/aromatic N) is 4. The first-order valence-electron chi connectivity index (χ1n) is 10.8. The molecule has 1 aliphatic carbocycles. The average Bonchev–Trinajstić information content (AvgIpc) is 2.75. The normalized spacial score (nSPS) is 26.5. The molecule has 1 atom stereocenters. The lowest BCUT2D eigenvalue weighted by molar-refractivity contribution is -0.138. The number of anilines is 1. The van der Waals surface area contributed by atoms with Gasteiger partial charge in [-0.1, -0.05) is 25.7 Å². The molecule has 3 heterocycles. The minimum absolute atomic E-state index is 0.205. The highest BCUT2D eigenvalue weighted by atomic mass is 16.2. The smallest absolute Gasteiger partial charge is 0.240 e. The van der Waals surface area contributed by atoms with E-state index in [0.29, 0.717) is 0 Å². The minimum Gasteiger partial charge on any atom is -0.353 e. The quantitative estimate of drug-likeness (QED) is 0.882. The summed E-state index contributed by atoms with van der Waals surface area (Å²) in [5.41, 5.74) is -0.256. The number of likely N-dealkylation sites (tertiary alicyclic amines) is 1. The van der Waals surface area contributed by atoms with Crippen molar-refractivity contribution < 1.29 is 4.79 Å². The highest BCUT2D eigenvalue weighted by Gasteiger charge is 2.45. The maximum atomic E-state index is 13.5. The van der Waals surface area contributed by atoms with Crippen LogP contribution in [0.1, 0.15) is 64.2 Å². The number of carbonyl (C=O) groups excluding carboxylic acids is 1. The topological polar surface area (TPSA) is 61.4 Å². The van der Waals surface area contributed by atoms with Crippen LogP contribution in [0.5, 0.6) is 0 Å². The lowest BCUT2D eigenvalue weighted by Crippen LogP contribution is -2.63. The highest BCUT2D eigenvalue weighted by molar-refractivity contribution is 5.86. The highest BCUT2D eigenvalue weighted by Crippen LogP contribution is 2.36. The van der Waals surface area contributed by atoms with Crippen molar-refractivity contribution in [3.63, 3.8) is 0 Å². The second-order valence-corrected chi connectivity index (χ2v) is 8.46. The van der Waals surface area contributed by atoms with E-state index in [1.807, 2.05) is 6.20 Å². The Kier molecular flexibility index (Phi) is 5.91. The fraction of sp³-hybridized carbons (Fsp3) is 0.762. The van der Waals surface area contributed by atoms with Crippen LogP contribution in [-0.2, 0) is 4.79 Å². The van der Waals surface area contributed by atoms with Gasteiger partial charge >= 0.3 is 0 Å². The van der Waals surface area contributed by atoms with E-state index in [1.54, 1.807) is 12.4 Å². The second-order valence-electron chi connectivity index (χ2n) is 8.46. The van der Waals surface area contributed by atoms with Crippen LogP contribution in [-0.4, -0.2) is 58.5 Å². The first kappa shape index (κ1) is 18.7. The van der Waals surface area contributed by atoms with Crippen LogP contribution in [0.15, 0.2) is 18.6 Å². The van der Waals surface area contributed by atoms with Crippen molar-refractivity contribution in [3.8, 4) is 0 Å². The molecule has 148 valence electrons. The fourth-order valence-corrected chi connectivity index (χ4v) is 5.22. The van der Waals surface area contributed by atoms with Gasteiger partial charge in [-0.3, -0.25) is 14.7 Å². The Morgan fingerprint density at radius 1 is 1.00 bits per heavy atom. The van der Waals surface area contributed by atoms with E-state index in [9.17, 15) is 4.79 Å². The van der Waals surface area contributed by atoms with Gasteiger partial charge in [-0.15, -0.1) is 0 Å².